The molecule has 0 unspecified atom stereocenters. The van der Waals surface area contributed by atoms with Gasteiger partial charge in [0.15, 0.2) is 11.5 Å². The van der Waals surface area contributed by atoms with Crippen molar-refractivity contribution in [2.45, 2.75) is 49.1 Å². The highest BCUT2D eigenvalue weighted by Gasteiger charge is 2.34. The Morgan fingerprint density at radius 3 is 2.84 bits per heavy atom. The average Bonchev–Trinajstić information content (AvgIpc) is 3.43. The molecule has 6 rings (SSSR count). The number of aromatic nitrogens is 3. The number of benzene rings is 1. The zero-order valence-electron chi connectivity index (χ0n) is 24.1. The topological polar surface area (TPSA) is 98.5 Å². The largest absolute Gasteiger partial charge is 0.462 e. The second kappa shape index (κ2) is 12.4. The summed E-state index contributed by atoms with van der Waals surface area (Å²) in [5.74, 6) is -0.963. The van der Waals surface area contributed by atoms with E-state index in [1.807, 2.05) is 17.0 Å². The van der Waals surface area contributed by atoms with Crippen molar-refractivity contribution < 1.29 is 18.3 Å². The Kier molecular flexibility index (Phi) is 8.45. The van der Waals surface area contributed by atoms with Crippen LogP contribution >= 0.6 is 11.8 Å². The summed E-state index contributed by atoms with van der Waals surface area (Å²) in [7, 11) is 2.06. The second-order valence-corrected chi connectivity index (χ2v) is 12.3. The van der Waals surface area contributed by atoms with Gasteiger partial charge in [-0.25, -0.2) is 13.8 Å². The number of likely N-dealkylation sites (tertiary alicyclic amines) is 1. The number of likely N-dealkylation sites (N-methyl/N-ethyl adjacent to an activating group) is 1. The fraction of sp³-hybridized carbons (Fsp3) is 0.452. The second-order valence-electron chi connectivity index (χ2n) is 11.2. The van der Waals surface area contributed by atoms with Crippen LogP contribution in [0.5, 0.6) is 6.01 Å². The smallest absolute Gasteiger partial charge is 0.320 e. The maximum atomic E-state index is 15.9. The third-order valence-corrected chi connectivity index (χ3v) is 9.68. The van der Waals surface area contributed by atoms with Crippen LogP contribution in [0.25, 0.3) is 22.3 Å². The molecule has 43 heavy (non-hydrogen) atoms. The first-order chi connectivity index (χ1) is 20.8. The molecule has 3 aliphatic heterocycles. The first kappa shape index (κ1) is 29.3. The van der Waals surface area contributed by atoms with Crippen molar-refractivity contribution in [2.24, 2.45) is 0 Å². The molecule has 3 aromatic rings. The summed E-state index contributed by atoms with van der Waals surface area (Å²) in [5.41, 5.74) is 2.38. The highest BCUT2D eigenvalue weighted by Crippen LogP contribution is 2.38. The molecule has 9 nitrogen and oxygen atoms in total. The van der Waals surface area contributed by atoms with Crippen LogP contribution in [0.15, 0.2) is 41.6 Å². The first-order valence-electron chi connectivity index (χ1n) is 14.6. The van der Waals surface area contributed by atoms with E-state index in [0.29, 0.717) is 23.5 Å². The van der Waals surface area contributed by atoms with Gasteiger partial charge in [0, 0.05) is 36.1 Å². The molecular weight excluding hydrogens is 572 g/mol. The fourth-order valence-corrected chi connectivity index (χ4v) is 7.28. The SMILES string of the molecule is C=C(F)C(=O)N1CCN(c2nc(OC[C@@H]3CCCN3C)nc3nc(-c4cccc5c4CCCS5)c(F)cc23)C[C@@H]1CC#N. The summed E-state index contributed by atoms with van der Waals surface area (Å²) in [6.07, 6.45) is 3.95. The van der Waals surface area contributed by atoms with Gasteiger partial charge in [0.1, 0.15) is 23.9 Å². The van der Waals surface area contributed by atoms with Crippen molar-refractivity contribution in [1.82, 2.24) is 24.8 Å². The van der Waals surface area contributed by atoms with E-state index >= 15 is 4.39 Å². The van der Waals surface area contributed by atoms with E-state index < -0.39 is 23.6 Å². The lowest BCUT2D eigenvalue weighted by Crippen LogP contribution is -2.55. The Hall–Kier alpha value is -3.82. The minimum absolute atomic E-state index is 0.0101. The lowest BCUT2D eigenvalue weighted by atomic mass is 9.99. The van der Waals surface area contributed by atoms with E-state index in [9.17, 15) is 14.4 Å². The van der Waals surface area contributed by atoms with Gasteiger partial charge in [0.2, 0.25) is 0 Å². The third kappa shape index (κ3) is 5.88. The number of thioether (sulfide) groups is 1. The number of fused-ring (bicyclic) bond motifs is 2. The number of hydrogen-bond donors (Lipinski definition) is 0. The van der Waals surface area contributed by atoms with Crippen LogP contribution in [0.1, 0.15) is 31.2 Å². The number of nitriles is 1. The normalized spacial score (nSPS) is 20.6. The molecule has 0 N–H and O–H groups in total. The van der Waals surface area contributed by atoms with Crippen molar-refractivity contribution in [3.8, 4) is 23.3 Å². The van der Waals surface area contributed by atoms with Gasteiger partial charge < -0.3 is 19.4 Å². The lowest BCUT2D eigenvalue weighted by Gasteiger charge is -2.41. The number of amides is 1. The van der Waals surface area contributed by atoms with E-state index in [1.54, 1.807) is 11.8 Å². The fourth-order valence-electron chi connectivity index (χ4n) is 6.21. The molecule has 0 bridgehead atoms. The van der Waals surface area contributed by atoms with Gasteiger partial charge in [0.25, 0.3) is 5.91 Å². The monoisotopic (exact) mass is 605 g/mol. The summed E-state index contributed by atoms with van der Waals surface area (Å²) >= 11 is 1.77. The highest BCUT2D eigenvalue weighted by molar-refractivity contribution is 7.99. The molecule has 12 heteroatoms. The maximum absolute atomic E-state index is 15.9. The van der Waals surface area contributed by atoms with E-state index in [1.165, 1.54) is 11.0 Å². The Balaban J connectivity index is 1.41. The Morgan fingerprint density at radius 2 is 2.07 bits per heavy atom. The van der Waals surface area contributed by atoms with Gasteiger partial charge >= 0.3 is 6.01 Å². The molecule has 224 valence electrons. The maximum Gasteiger partial charge on any atom is 0.320 e. The van der Waals surface area contributed by atoms with Crippen molar-refractivity contribution in [1.29, 1.82) is 5.26 Å². The minimum Gasteiger partial charge on any atom is -0.462 e. The standard InChI is InChI=1S/C31H33F2N7O2S/c1-19(32)30(41)40-14-13-39(17-20(40)10-11-34)29-24-16-25(33)27(23-7-3-9-26-22(23)8-5-15-43-26)35-28(24)36-31(37-29)42-18-21-6-4-12-38(21)2/h3,7,9,16,20-21H,1,4-6,8,10,12-15,17-18H2,2H3/t20-,21-/m0/s1. The number of carbonyl (C=O) groups is 1. The summed E-state index contributed by atoms with van der Waals surface area (Å²) in [4.78, 5) is 33.1. The third-order valence-electron chi connectivity index (χ3n) is 8.50. The van der Waals surface area contributed by atoms with E-state index in [4.69, 9.17) is 14.7 Å². The van der Waals surface area contributed by atoms with Crippen LogP contribution in [-0.4, -0.2) is 88.3 Å². The number of pyridine rings is 1. The molecule has 2 fully saturated rings. The van der Waals surface area contributed by atoms with Crippen LogP contribution in [0.2, 0.25) is 0 Å². The van der Waals surface area contributed by atoms with Crippen molar-refractivity contribution >= 4 is 34.5 Å². The zero-order valence-corrected chi connectivity index (χ0v) is 24.9. The Labute approximate surface area is 253 Å². The molecule has 0 spiro atoms. The highest BCUT2D eigenvalue weighted by atomic mass is 32.2. The number of carbonyl (C=O) groups excluding carboxylic acids is 1. The molecule has 1 aromatic carbocycles. The van der Waals surface area contributed by atoms with Crippen LogP contribution in [0, 0.1) is 17.1 Å². The number of halogens is 2. The van der Waals surface area contributed by atoms with Crippen molar-refractivity contribution in [2.75, 3.05) is 50.5 Å². The molecule has 2 atom stereocenters. The van der Waals surface area contributed by atoms with E-state index in [2.05, 4.69) is 35.6 Å². The van der Waals surface area contributed by atoms with Gasteiger partial charge in [-0.15, -0.1) is 11.8 Å². The first-order valence-corrected chi connectivity index (χ1v) is 15.6. The van der Waals surface area contributed by atoms with Crippen LogP contribution in [0.3, 0.4) is 0 Å². The quantitative estimate of drug-likeness (QED) is 0.353. The molecule has 3 aliphatic rings. The van der Waals surface area contributed by atoms with Gasteiger partial charge in [0.05, 0.1) is 23.9 Å². The number of rotatable bonds is 7. The average molecular weight is 606 g/mol. The van der Waals surface area contributed by atoms with Gasteiger partial charge in [-0.1, -0.05) is 18.7 Å². The minimum atomic E-state index is -1.07. The predicted molar refractivity (Wildman–Crippen MR) is 161 cm³/mol. The Morgan fingerprint density at radius 1 is 1.21 bits per heavy atom. The lowest BCUT2D eigenvalue weighted by molar-refractivity contribution is -0.131. The molecule has 0 aliphatic carbocycles. The van der Waals surface area contributed by atoms with Crippen LogP contribution in [-0.2, 0) is 11.2 Å². The molecule has 1 amide bonds. The molecule has 2 aromatic heterocycles. The van der Waals surface area contributed by atoms with E-state index in [0.717, 1.165) is 54.0 Å². The summed E-state index contributed by atoms with van der Waals surface area (Å²) in [6.45, 7) is 5.15. The van der Waals surface area contributed by atoms with Crippen molar-refractivity contribution in [3.63, 3.8) is 0 Å². The number of piperazine rings is 1. The number of hydrogen-bond acceptors (Lipinski definition) is 9. The molecule has 0 radical (unpaired) electrons. The number of ether oxygens (including phenoxy) is 1. The van der Waals surface area contributed by atoms with Gasteiger partial charge in [-0.05, 0) is 62.7 Å². The van der Waals surface area contributed by atoms with Crippen LogP contribution in [0.4, 0.5) is 14.6 Å². The Bertz CT molecular complexity index is 1610. The van der Waals surface area contributed by atoms with Gasteiger partial charge in [-0.2, -0.15) is 15.2 Å². The van der Waals surface area contributed by atoms with Gasteiger partial charge in [-0.3, -0.25) is 4.79 Å². The summed E-state index contributed by atoms with van der Waals surface area (Å²) in [5, 5.41) is 9.85. The van der Waals surface area contributed by atoms with Crippen molar-refractivity contribution in [3.05, 3.63) is 48.1 Å². The molecule has 0 saturated carbocycles. The molecular formula is C31H33F2N7O2S. The molecule has 5 heterocycles. The summed E-state index contributed by atoms with van der Waals surface area (Å²) in [6, 6.07) is 9.15. The number of anilines is 1. The van der Waals surface area contributed by atoms with Crippen LogP contribution < -0.4 is 9.64 Å². The van der Waals surface area contributed by atoms with E-state index in [-0.39, 0.29) is 43.8 Å². The summed E-state index contributed by atoms with van der Waals surface area (Å²) < 4.78 is 35.8. The molecule has 2 saturated heterocycles. The predicted octanol–water partition coefficient (Wildman–Crippen LogP) is 4.76. The number of nitrogens with zero attached hydrogens (tertiary/aromatic N) is 7. The zero-order chi connectivity index (χ0) is 30.1.